The van der Waals surface area contributed by atoms with Gasteiger partial charge in [-0.1, -0.05) is 46.3 Å². The lowest BCUT2D eigenvalue weighted by molar-refractivity contribution is 0.408. The van der Waals surface area contributed by atoms with Crippen molar-refractivity contribution in [2.24, 2.45) is 5.73 Å². The van der Waals surface area contributed by atoms with Gasteiger partial charge in [-0.3, -0.25) is 0 Å². The number of benzene rings is 2. The third-order valence-electron chi connectivity index (χ3n) is 3.52. The Morgan fingerprint density at radius 2 is 1.75 bits per heavy atom. The van der Waals surface area contributed by atoms with Gasteiger partial charge in [0.2, 0.25) is 0 Å². The highest BCUT2D eigenvalue weighted by atomic mass is 79.9. The first-order chi connectivity index (χ1) is 9.52. The zero-order chi connectivity index (χ0) is 14.7. The molecule has 0 aliphatic rings. The van der Waals surface area contributed by atoms with E-state index in [1.807, 2.05) is 18.2 Å². The van der Waals surface area contributed by atoms with Crippen LogP contribution in [0.15, 0.2) is 40.9 Å². The summed E-state index contributed by atoms with van der Waals surface area (Å²) in [5, 5.41) is 0. The van der Waals surface area contributed by atoms with Gasteiger partial charge in [-0.05, 0) is 48.6 Å². The van der Waals surface area contributed by atoms with Gasteiger partial charge in [-0.15, -0.1) is 0 Å². The maximum absolute atomic E-state index is 6.37. The molecule has 0 aliphatic heterocycles. The van der Waals surface area contributed by atoms with E-state index >= 15 is 0 Å². The molecule has 2 aromatic carbocycles. The summed E-state index contributed by atoms with van der Waals surface area (Å²) in [4.78, 5) is 0. The van der Waals surface area contributed by atoms with Gasteiger partial charge in [-0.2, -0.15) is 0 Å². The number of ether oxygens (including phenoxy) is 1. The van der Waals surface area contributed by atoms with Crippen molar-refractivity contribution in [3.05, 3.63) is 63.1 Å². The molecule has 0 saturated heterocycles. The van der Waals surface area contributed by atoms with Crippen LogP contribution in [0.1, 0.15) is 28.3 Å². The van der Waals surface area contributed by atoms with Gasteiger partial charge in [-0.25, -0.2) is 0 Å². The Labute approximate surface area is 129 Å². The Bertz CT molecular complexity index is 587. The second kappa shape index (κ2) is 6.42. The number of hydrogen-bond acceptors (Lipinski definition) is 2. The van der Waals surface area contributed by atoms with Crippen LogP contribution in [-0.2, 0) is 6.42 Å². The molecular weight excluding hydrogens is 314 g/mol. The molecule has 2 rings (SSSR count). The van der Waals surface area contributed by atoms with Gasteiger partial charge in [0, 0.05) is 10.5 Å². The number of rotatable bonds is 4. The van der Waals surface area contributed by atoms with Crippen LogP contribution in [-0.4, -0.2) is 7.11 Å². The zero-order valence-corrected chi connectivity index (χ0v) is 13.7. The maximum atomic E-state index is 6.37. The fourth-order valence-electron chi connectivity index (χ4n) is 2.42. The molecule has 0 amide bonds. The van der Waals surface area contributed by atoms with Crippen molar-refractivity contribution in [2.75, 3.05) is 7.11 Å². The number of halogens is 1. The summed E-state index contributed by atoms with van der Waals surface area (Å²) in [6, 6.07) is 12.3. The van der Waals surface area contributed by atoms with Crippen molar-refractivity contribution in [1.82, 2.24) is 0 Å². The van der Waals surface area contributed by atoms with Gasteiger partial charge in [0.05, 0.1) is 7.11 Å². The van der Waals surface area contributed by atoms with Crippen molar-refractivity contribution in [1.29, 1.82) is 0 Å². The lowest BCUT2D eigenvalue weighted by atomic mass is 9.96. The molecule has 0 heterocycles. The summed E-state index contributed by atoms with van der Waals surface area (Å²) in [6.07, 6.45) is 0.768. The minimum atomic E-state index is -0.0307. The Hall–Kier alpha value is -1.32. The van der Waals surface area contributed by atoms with Crippen LogP contribution in [0.3, 0.4) is 0 Å². The van der Waals surface area contributed by atoms with Gasteiger partial charge in [0.1, 0.15) is 5.75 Å². The molecule has 1 atom stereocenters. The van der Waals surface area contributed by atoms with E-state index in [2.05, 4.69) is 48.0 Å². The zero-order valence-electron chi connectivity index (χ0n) is 12.1. The first-order valence-corrected chi connectivity index (χ1v) is 7.46. The molecule has 3 heteroatoms. The summed E-state index contributed by atoms with van der Waals surface area (Å²) in [6.45, 7) is 4.19. The minimum absolute atomic E-state index is 0.0307. The number of nitrogens with two attached hydrogens (primary N) is 1. The molecule has 2 nitrogen and oxygen atoms in total. The maximum Gasteiger partial charge on any atom is 0.122 e. The predicted molar refractivity (Wildman–Crippen MR) is 87.2 cm³/mol. The first-order valence-electron chi connectivity index (χ1n) is 6.67. The Balaban J connectivity index is 2.26. The van der Waals surface area contributed by atoms with Crippen molar-refractivity contribution in [2.45, 2.75) is 26.3 Å². The topological polar surface area (TPSA) is 35.2 Å². The van der Waals surface area contributed by atoms with E-state index in [9.17, 15) is 0 Å². The Morgan fingerprint density at radius 3 is 2.35 bits per heavy atom. The first kappa shape index (κ1) is 15.1. The smallest absolute Gasteiger partial charge is 0.122 e. The second-order valence-electron chi connectivity index (χ2n) is 5.09. The third kappa shape index (κ3) is 3.22. The van der Waals surface area contributed by atoms with Crippen LogP contribution in [0, 0.1) is 13.8 Å². The van der Waals surface area contributed by atoms with Crippen LogP contribution >= 0.6 is 15.9 Å². The number of methoxy groups -OCH3 is 1. The largest absolute Gasteiger partial charge is 0.496 e. The van der Waals surface area contributed by atoms with E-state index in [-0.39, 0.29) is 6.04 Å². The molecule has 0 saturated carbocycles. The summed E-state index contributed by atoms with van der Waals surface area (Å²) in [5.41, 5.74) is 11.1. The number of para-hydroxylation sites is 1. The molecular formula is C17H20BrNO. The van der Waals surface area contributed by atoms with E-state index < -0.39 is 0 Å². The number of aryl methyl sites for hydroxylation is 2. The average molecular weight is 334 g/mol. The standard InChI is InChI=1S/C17H20BrNO/c1-11-8-14(9-12(2)17(11)18)15(19)10-13-6-4-5-7-16(13)20-3/h4-9,15H,10,19H2,1-3H3. The highest BCUT2D eigenvalue weighted by molar-refractivity contribution is 9.10. The van der Waals surface area contributed by atoms with Crippen molar-refractivity contribution in [3.8, 4) is 5.75 Å². The van der Waals surface area contributed by atoms with E-state index in [1.165, 1.54) is 11.1 Å². The molecule has 2 N–H and O–H groups in total. The molecule has 0 radical (unpaired) electrons. The van der Waals surface area contributed by atoms with Crippen LogP contribution in [0.2, 0.25) is 0 Å². The highest BCUT2D eigenvalue weighted by Crippen LogP contribution is 2.28. The van der Waals surface area contributed by atoms with E-state index in [0.29, 0.717) is 0 Å². The van der Waals surface area contributed by atoms with Crippen LogP contribution < -0.4 is 10.5 Å². The summed E-state index contributed by atoms with van der Waals surface area (Å²) >= 11 is 3.59. The van der Waals surface area contributed by atoms with Gasteiger partial charge >= 0.3 is 0 Å². The minimum Gasteiger partial charge on any atom is -0.496 e. The average Bonchev–Trinajstić information content (AvgIpc) is 2.44. The van der Waals surface area contributed by atoms with Crippen molar-refractivity contribution < 1.29 is 4.74 Å². The van der Waals surface area contributed by atoms with Gasteiger partial charge in [0.25, 0.3) is 0 Å². The Morgan fingerprint density at radius 1 is 1.15 bits per heavy atom. The van der Waals surface area contributed by atoms with Crippen LogP contribution in [0.4, 0.5) is 0 Å². The molecule has 0 spiro atoms. The van der Waals surface area contributed by atoms with Gasteiger partial charge < -0.3 is 10.5 Å². The second-order valence-corrected chi connectivity index (χ2v) is 5.88. The van der Waals surface area contributed by atoms with Crippen LogP contribution in [0.5, 0.6) is 5.75 Å². The van der Waals surface area contributed by atoms with E-state index in [1.54, 1.807) is 7.11 Å². The molecule has 20 heavy (non-hydrogen) atoms. The molecule has 1 unspecified atom stereocenters. The molecule has 0 bridgehead atoms. The van der Waals surface area contributed by atoms with Crippen molar-refractivity contribution in [3.63, 3.8) is 0 Å². The number of hydrogen-bond donors (Lipinski definition) is 1. The van der Waals surface area contributed by atoms with E-state index in [0.717, 1.165) is 27.8 Å². The molecule has 0 aliphatic carbocycles. The summed E-state index contributed by atoms with van der Waals surface area (Å²) in [7, 11) is 1.69. The lowest BCUT2D eigenvalue weighted by Gasteiger charge is -2.16. The fourth-order valence-corrected chi connectivity index (χ4v) is 2.65. The van der Waals surface area contributed by atoms with Gasteiger partial charge in [0.15, 0.2) is 0 Å². The van der Waals surface area contributed by atoms with E-state index in [4.69, 9.17) is 10.5 Å². The summed E-state index contributed by atoms with van der Waals surface area (Å²) in [5.74, 6) is 0.897. The van der Waals surface area contributed by atoms with Crippen molar-refractivity contribution >= 4 is 15.9 Å². The lowest BCUT2D eigenvalue weighted by Crippen LogP contribution is -2.14. The summed E-state index contributed by atoms with van der Waals surface area (Å²) < 4.78 is 6.54. The normalized spacial score (nSPS) is 12.2. The fraction of sp³-hybridized carbons (Fsp3) is 0.294. The Kier molecular flexibility index (Phi) is 4.84. The van der Waals surface area contributed by atoms with Crippen LogP contribution in [0.25, 0.3) is 0 Å². The quantitative estimate of drug-likeness (QED) is 0.904. The monoisotopic (exact) mass is 333 g/mol. The highest BCUT2D eigenvalue weighted by Gasteiger charge is 2.12. The third-order valence-corrected chi connectivity index (χ3v) is 4.77. The molecule has 0 fully saturated rings. The predicted octanol–water partition coefficient (Wildman–Crippen LogP) is 4.32. The molecule has 2 aromatic rings. The molecule has 106 valence electrons. The molecule has 0 aromatic heterocycles. The SMILES string of the molecule is COc1ccccc1CC(N)c1cc(C)c(Br)c(C)c1.